The summed E-state index contributed by atoms with van der Waals surface area (Å²) in [6, 6.07) is 12.4. The zero-order chi connectivity index (χ0) is 16.9. The number of halogens is 1. The maximum absolute atomic E-state index is 12.9. The highest BCUT2D eigenvalue weighted by Gasteiger charge is 2.16. The first-order chi connectivity index (χ1) is 10.9. The molecule has 0 fully saturated rings. The van der Waals surface area contributed by atoms with Gasteiger partial charge in [0.2, 0.25) is 10.0 Å². The van der Waals surface area contributed by atoms with Crippen LogP contribution in [0.15, 0.2) is 48.5 Å². The average molecular weight is 337 g/mol. The van der Waals surface area contributed by atoms with E-state index >= 15 is 0 Å². The van der Waals surface area contributed by atoms with Crippen LogP contribution in [0.2, 0.25) is 0 Å². The normalized spacial score (nSPS) is 12.8. The Bertz CT molecular complexity index is 727. The molecule has 0 aliphatic carbocycles. The first-order valence-electron chi connectivity index (χ1n) is 7.37. The van der Waals surface area contributed by atoms with Crippen LogP contribution >= 0.6 is 0 Å². The van der Waals surface area contributed by atoms with E-state index in [-0.39, 0.29) is 17.6 Å². The molecule has 1 atom stereocenters. The second-order valence-electron chi connectivity index (χ2n) is 5.23. The standard InChI is InChI=1S/C17H20FNO3S/c1-3-22-17-10-6-15(7-11-17)13(2)19-23(20,21)12-14-4-8-16(18)9-5-14/h4-11,13,19H,3,12H2,1-2H3/t13-/m1/s1. The van der Waals surface area contributed by atoms with Crippen molar-refractivity contribution < 1.29 is 17.5 Å². The molecule has 0 aromatic heterocycles. The molecule has 23 heavy (non-hydrogen) atoms. The van der Waals surface area contributed by atoms with E-state index in [1.807, 2.05) is 31.2 Å². The van der Waals surface area contributed by atoms with Crippen molar-refractivity contribution in [1.82, 2.24) is 4.72 Å². The fraction of sp³-hybridized carbons (Fsp3) is 0.294. The molecule has 0 amide bonds. The van der Waals surface area contributed by atoms with Gasteiger partial charge in [-0.2, -0.15) is 0 Å². The minimum absolute atomic E-state index is 0.186. The smallest absolute Gasteiger partial charge is 0.216 e. The largest absolute Gasteiger partial charge is 0.494 e. The SMILES string of the molecule is CCOc1ccc([C@@H](C)NS(=O)(=O)Cc2ccc(F)cc2)cc1. The van der Waals surface area contributed by atoms with Gasteiger partial charge in [0.25, 0.3) is 0 Å². The molecule has 0 aliphatic heterocycles. The van der Waals surface area contributed by atoms with Crippen LogP contribution in [0.25, 0.3) is 0 Å². The van der Waals surface area contributed by atoms with E-state index in [1.165, 1.54) is 24.3 Å². The van der Waals surface area contributed by atoms with Gasteiger partial charge in [-0.15, -0.1) is 0 Å². The Labute approximate surface area is 136 Å². The molecule has 0 heterocycles. The maximum atomic E-state index is 12.9. The third kappa shape index (κ3) is 5.33. The van der Waals surface area contributed by atoms with Gasteiger partial charge in [-0.3, -0.25) is 0 Å². The first kappa shape index (κ1) is 17.4. The van der Waals surface area contributed by atoms with Gasteiger partial charge in [-0.25, -0.2) is 17.5 Å². The highest BCUT2D eigenvalue weighted by atomic mass is 32.2. The monoisotopic (exact) mass is 337 g/mol. The van der Waals surface area contributed by atoms with Crippen LogP contribution in [0.5, 0.6) is 5.75 Å². The van der Waals surface area contributed by atoms with E-state index in [4.69, 9.17) is 4.74 Å². The van der Waals surface area contributed by atoms with Crippen LogP contribution in [0.1, 0.15) is 31.0 Å². The highest BCUT2D eigenvalue weighted by molar-refractivity contribution is 7.88. The average Bonchev–Trinajstić information content (AvgIpc) is 2.50. The van der Waals surface area contributed by atoms with Gasteiger partial charge in [0.05, 0.1) is 12.4 Å². The summed E-state index contributed by atoms with van der Waals surface area (Å²) in [4.78, 5) is 0. The van der Waals surface area contributed by atoms with Crippen LogP contribution in [-0.4, -0.2) is 15.0 Å². The van der Waals surface area contributed by atoms with Crippen molar-refractivity contribution in [3.8, 4) is 5.75 Å². The molecular weight excluding hydrogens is 317 g/mol. The summed E-state index contributed by atoms with van der Waals surface area (Å²) in [5.74, 6) is 0.175. The lowest BCUT2D eigenvalue weighted by Gasteiger charge is -2.15. The molecule has 124 valence electrons. The van der Waals surface area contributed by atoms with E-state index in [0.717, 1.165) is 11.3 Å². The summed E-state index contributed by atoms with van der Waals surface area (Å²) < 4.78 is 45.3. The predicted octanol–water partition coefficient (Wildman–Crippen LogP) is 3.41. The van der Waals surface area contributed by atoms with Gasteiger partial charge in [0, 0.05) is 6.04 Å². The number of nitrogens with one attached hydrogen (secondary N) is 1. The van der Waals surface area contributed by atoms with E-state index in [0.29, 0.717) is 12.2 Å². The van der Waals surface area contributed by atoms with Crippen molar-refractivity contribution in [3.05, 3.63) is 65.5 Å². The lowest BCUT2D eigenvalue weighted by atomic mass is 10.1. The van der Waals surface area contributed by atoms with Gasteiger partial charge in [-0.1, -0.05) is 24.3 Å². The maximum Gasteiger partial charge on any atom is 0.216 e. The molecule has 0 saturated carbocycles. The molecule has 0 bridgehead atoms. The Hall–Kier alpha value is -1.92. The van der Waals surface area contributed by atoms with Gasteiger partial charge in [0.1, 0.15) is 11.6 Å². The second-order valence-corrected chi connectivity index (χ2v) is 6.98. The molecule has 2 rings (SSSR count). The van der Waals surface area contributed by atoms with Crippen molar-refractivity contribution in [2.45, 2.75) is 25.6 Å². The molecule has 6 heteroatoms. The third-order valence-corrected chi connectivity index (χ3v) is 4.74. The Morgan fingerprint density at radius 2 is 1.70 bits per heavy atom. The quantitative estimate of drug-likeness (QED) is 0.842. The lowest BCUT2D eigenvalue weighted by Crippen LogP contribution is -2.28. The van der Waals surface area contributed by atoms with Crippen molar-refractivity contribution in [1.29, 1.82) is 0 Å². The number of ether oxygens (including phenoxy) is 1. The predicted molar refractivity (Wildman–Crippen MR) is 88.2 cm³/mol. The Balaban J connectivity index is 2.02. The van der Waals surface area contributed by atoms with Crippen LogP contribution in [0, 0.1) is 5.82 Å². The van der Waals surface area contributed by atoms with Crippen molar-refractivity contribution >= 4 is 10.0 Å². The van der Waals surface area contributed by atoms with Crippen molar-refractivity contribution in [3.63, 3.8) is 0 Å². The number of hydrogen-bond donors (Lipinski definition) is 1. The summed E-state index contributed by atoms with van der Waals surface area (Å²) in [5, 5.41) is 0. The van der Waals surface area contributed by atoms with Crippen molar-refractivity contribution in [2.24, 2.45) is 0 Å². The second kappa shape index (κ2) is 7.57. The lowest BCUT2D eigenvalue weighted by molar-refractivity contribution is 0.340. The van der Waals surface area contributed by atoms with E-state index in [1.54, 1.807) is 6.92 Å². The fourth-order valence-corrected chi connectivity index (χ4v) is 3.59. The van der Waals surface area contributed by atoms with Gasteiger partial charge in [0.15, 0.2) is 0 Å². The number of hydrogen-bond acceptors (Lipinski definition) is 3. The van der Waals surface area contributed by atoms with Crippen LogP contribution < -0.4 is 9.46 Å². The molecule has 0 radical (unpaired) electrons. The van der Waals surface area contributed by atoms with Crippen molar-refractivity contribution in [2.75, 3.05) is 6.61 Å². The van der Waals surface area contributed by atoms with Gasteiger partial charge in [-0.05, 0) is 49.2 Å². The Morgan fingerprint density at radius 3 is 2.26 bits per heavy atom. The summed E-state index contributed by atoms with van der Waals surface area (Å²) in [6.07, 6.45) is 0. The third-order valence-electron chi connectivity index (χ3n) is 3.32. The minimum Gasteiger partial charge on any atom is -0.494 e. The summed E-state index contributed by atoms with van der Waals surface area (Å²) in [6.45, 7) is 4.26. The molecule has 1 N–H and O–H groups in total. The van der Waals surface area contributed by atoms with Crippen LogP contribution in [-0.2, 0) is 15.8 Å². The molecule has 0 unspecified atom stereocenters. The van der Waals surface area contributed by atoms with Gasteiger partial charge >= 0.3 is 0 Å². The molecule has 2 aromatic rings. The van der Waals surface area contributed by atoms with Gasteiger partial charge < -0.3 is 4.74 Å². The fourth-order valence-electron chi connectivity index (χ4n) is 2.20. The zero-order valence-electron chi connectivity index (χ0n) is 13.1. The Kier molecular flexibility index (Phi) is 5.74. The number of benzene rings is 2. The van der Waals surface area contributed by atoms with Crippen LogP contribution in [0.4, 0.5) is 4.39 Å². The minimum atomic E-state index is -3.52. The number of rotatable bonds is 7. The highest BCUT2D eigenvalue weighted by Crippen LogP contribution is 2.19. The molecule has 2 aromatic carbocycles. The molecule has 4 nitrogen and oxygen atoms in total. The van der Waals surface area contributed by atoms with Crippen LogP contribution in [0.3, 0.4) is 0 Å². The zero-order valence-corrected chi connectivity index (χ0v) is 13.9. The van der Waals surface area contributed by atoms with E-state index < -0.39 is 10.0 Å². The number of sulfonamides is 1. The molecule has 0 spiro atoms. The van der Waals surface area contributed by atoms with E-state index in [2.05, 4.69) is 4.72 Å². The Morgan fingerprint density at radius 1 is 1.09 bits per heavy atom. The summed E-state index contributed by atoms with van der Waals surface area (Å²) in [7, 11) is -3.52. The molecular formula is C17H20FNO3S. The summed E-state index contributed by atoms with van der Waals surface area (Å²) in [5.41, 5.74) is 1.38. The molecule has 0 saturated heterocycles. The van der Waals surface area contributed by atoms with E-state index in [9.17, 15) is 12.8 Å². The summed E-state index contributed by atoms with van der Waals surface area (Å²) >= 11 is 0. The molecule has 0 aliphatic rings. The topological polar surface area (TPSA) is 55.4 Å². The first-order valence-corrected chi connectivity index (χ1v) is 9.02.